The molecule has 20 heavy (non-hydrogen) atoms. The quantitative estimate of drug-likeness (QED) is 0.808. The topological polar surface area (TPSA) is 58.2 Å². The molecule has 1 aromatic carbocycles. The molecule has 108 valence electrons. The van der Waals surface area contributed by atoms with Gasteiger partial charge in [0.25, 0.3) is 5.91 Å². The van der Waals surface area contributed by atoms with Crippen molar-refractivity contribution in [3.05, 3.63) is 35.4 Å². The van der Waals surface area contributed by atoms with E-state index in [1.807, 2.05) is 0 Å². The molecule has 1 saturated heterocycles. The van der Waals surface area contributed by atoms with Crippen molar-refractivity contribution in [1.82, 2.24) is 10.6 Å². The lowest BCUT2D eigenvalue weighted by Gasteiger charge is -2.22. The van der Waals surface area contributed by atoms with Crippen molar-refractivity contribution in [3.63, 3.8) is 0 Å². The van der Waals surface area contributed by atoms with Gasteiger partial charge < -0.3 is 10.6 Å². The molecule has 0 radical (unpaired) electrons. The largest absolute Gasteiger partial charge is 0.352 e. The SMILES string of the molecule is CC(=O)c1ccc(C(=O)NCCC2CCCNC2)cc1. The number of Topliss-reactive ketones (excluding diaryl/α,β-unsaturated/α-hetero) is 1. The van der Waals surface area contributed by atoms with Crippen LogP contribution in [0.4, 0.5) is 0 Å². The van der Waals surface area contributed by atoms with Crippen LogP contribution in [0.5, 0.6) is 0 Å². The lowest BCUT2D eigenvalue weighted by atomic mass is 9.96. The van der Waals surface area contributed by atoms with Crippen LogP contribution in [0, 0.1) is 5.92 Å². The maximum absolute atomic E-state index is 12.0. The molecule has 0 aromatic heterocycles. The monoisotopic (exact) mass is 274 g/mol. The van der Waals surface area contributed by atoms with E-state index in [2.05, 4.69) is 10.6 Å². The Bertz CT molecular complexity index is 462. The van der Waals surface area contributed by atoms with Crippen molar-refractivity contribution in [2.24, 2.45) is 5.92 Å². The van der Waals surface area contributed by atoms with E-state index < -0.39 is 0 Å². The van der Waals surface area contributed by atoms with Gasteiger partial charge in [0.15, 0.2) is 5.78 Å². The number of carbonyl (C=O) groups excluding carboxylic acids is 2. The Morgan fingerprint density at radius 2 is 1.95 bits per heavy atom. The molecule has 0 spiro atoms. The number of ketones is 1. The minimum Gasteiger partial charge on any atom is -0.352 e. The van der Waals surface area contributed by atoms with Crippen LogP contribution in [-0.4, -0.2) is 31.3 Å². The summed E-state index contributed by atoms with van der Waals surface area (Å²) in [5, 5.41) is 6.32. The Balaban J connectivity index is 1.77. The highest BCUT2D eigenvalue weighted by Crippen LogP contribution is 2.13. The number of amides is 1. The molecule has 4 heteroatoms. The second-order valence-corrected chi connectivity index (χ2v) is 5.39. The molecule has 1 heterocycles. The van der Waals surface area contributed by atoms with Crippen LogP contribution >= 0.6 is 0 Å². The molecule has 1 fully saturated rings. The fourth-order valence-corrected chi connectivity index (χ4v) is 2.52. The molecular weight excluding hydrogens is 252 g/mol. The van der Waals surface area contributed by atoms with Crippen molar-refractivity contribution < 1.29 is 9.59 Å². The van der Waals surface area contributed by atoms with Gasteiger partial charge >= 0.3 is 0 Å². The van der Waals surface area contributed by atoms with Gasteiger partial charge in [0, 0.05) is 17.7 Å². The van der Waals surface area contributed by atoms with E-state index in [9.17, 15) is 9.59 Å². The van der Waals surface area contributed by atoms with E-state index in [1.54, 1.807) is 24.3 Å². The highest BCUT2D eigenvalue weighted by molar-refractivity contribution is 5.97. The molecule has 1 amide bonds. The van der Waals surface area contributed by atoms with E-state index in [4.69, 9.17) is 0 Å². The third-order valence-electron chi connectivity index (χ3n) is 3.79. The summed E-state index contributed by atoms with van der Waals surface area (Å²) in [6.45, 7) is 4.40. The van der Waals surface area contributed by atoms with Crippen molar-refractivity contribution >= 4 is 11.7 Å². The van der Waals surface area contributed by atoms with E-state index in [-0.39, 0.29) is 11.7 Å². The first-order valence-electron chi connectivity index (χ1n) is 7.27. The zero-order valence-electron chi connectivity index (χ0n) is 11.9. The van der Waals surface area contributed by atoms with Crippen molar-refractivity contribution in [1.29, 1.82) is 0 Å². The summed E-state index contributed by atoms with van der Waals surface area (Å²) in [6.07, 6.45) is 3.49. The maximum Gasteiger partial charge on any atom is 0.251 e. The average Bonchev–Trinajstić information content (AvgIpc) is 2.48. The summed E-state index contributed by atoms with van der Waals surface area (Å²) in [5.41, 5.74) is 1.24. The molecule has 4 nitrogen and oxygen atoms in total. The summed E-state index contributed by atoms with van der Waals surface area (Å²) in [6, 6.07) is 6.80. The molecule has 1 aromatic rings. The molecule has 2 rings (SSSR count). The number of piperidine rings is 1. The Morgan fingerprint density at radius 1 is 1.25 bits per heavy atom. The number of carbonyl (C=O) groups is 2. The summed E-state index contributed by atoms with van der Waals surface area (Å²) >= 11 is 0. The maximum atomic E-state index is 12.0. The lowest BCUT2D eigenvalue weighted by Crippen LogP contribution is -2.33. The summed E-state index contributed by atoms with van der Waals surface area (Å²) < 4.78 is 0. The second-order valence-electron chi connectivity index (χ2n) is 5.39. The number of benzene rings is 1. The normalized spacial score (nSPS) is 18.6. The predicted molar refractivity (Wildman–Crippen MR) is 79.0 cm³/mol. The second kappa shape index (κ2) is 7.20. The standard InChI is InChI=1S/C16H22N2O2/c1-12(19)14-4-6-15(7-5-14)16(20)18-10-8-13-3-2-9-17-11-13/h4-7,13,17H,2-3,8-11H2,1H3,(H,18,20). The van der Waals surface area contributed by atoms with Crippen LogP contribution in [-0.2, 0) is 0 Å². The fourth-order valence-electron chi connectivity index (χ4n) is 2.52. The van der Waals surface area contributed by atoms with Crippen LogP contribution in [0.15, 0.2) is 24.3 Å². The third-order valence-corrected chi connectivity index (χ3v) is 3.79. The van der Waals surface area contributed by atoms with Gasteiger partial charge in [-0.2, -0.15) is 0 Å². The third kappa shape index (κ3) is 4.17. The van der Waals surface area contributed by atoms with Gasteiger partial charge in [-0.1, -0.05) is 12.1 Å². The van der Waals surface area contributed by atoms with Gasteiger partial charge in [0.1, 0.15) is 0 Å². The van der Waals surface area contributed by atoms with E-state index in [0.29, 0.717) is 23.6 Å². The Morgan fingerprint density at radius 3 is 2.55 bits per heavy atom. The molecule has 1 aliphatic rings. The van der Waals surface area contributed by atoms with Gasteiger partial charge in [0.05, 0.1) is 0 Å². The Hall–Kier alpha value is -1.68. The van der Waals surface area contributed by atoms with E-state index in [1.165, 1.54) is 19.8 Å². The highest BCUT2D eigenvalue weighted by Gasteiger charge is 2.13. The van der Waals surface area contributed by atoms with Gasteiger partial charge in [-0.15, -0.1) is 0 Å². The zero-order valence-corrected chi connectivity index (χ0v) is 11.9. The Labute approximate surface area is 119 Å². The first-order chi connectivity index (χ1) is 9.66. The molecule has 2 N–H and O–H groups in total. The Kier molecular flexibility index (Phi) is 5.30. The first-order valence-corrected chi connectivity index (χ1v) is 7.27. The molecule has 0 saturated carbocycles. The molecule has 0 aliphatic carbocycles. The summed E-state index contributed by atoms with van der Waals surface area (Å²) in [4.78, 5) is 23.1. The molecule has 1 unspecified atom stereocenters. The number of hydrogen-bond acceptors (Lipinski definition) is 3. The first kappa shape index (κ1) is 14.7. The van der Waals surface area contributed by atoms with Gasteiger partial charge in [-0.25, -0.2) is 0 Å². The van der Waals surface area contributed by atoms with Crippen LogP contribution in [0.2, 0.25) is 0 Å². The molecule has 1 atom stereocenters. The molecule has 0 bridgehead atoms. The summed E-state index contributed by atoms with van der Waals surface area (Å²) in [7, 11) is 0. The van der Waals surface area contributed by atoms with E-state index in [0.717, 1.165) is 19.5 Å². The van der Waals surface area contributed by atoms with Crippen molar-refractivity contribution in [3.8, 4) is 0 Å². The minimum absolute atomic E-state index is 0.0155. The number of rotatable bonds is 5. The van der Waals surface area contributed by atoms with Crippen LogP contribution in [0.1, 0.15) is 46.9 Å². The van der Waals surface area contributed by atoms with Gasteiger partial charge in [-0.05, 0) is 57.3 Å². The van der Waals surface area contributed by atoms with Crippen molar-refractivity contribution in [2.45, 2.75) is 26.2 Å². The van der Waals surface area contributed by atoms with Crippen LogP contribution in [0.25, 0.3) is 0 Å². The molecule has 1 aliphatic heterocycles. The van der Waals surface area contributed by atoms with Gasteiger partial charge in [-0.3, -0.25) is 9.59 Å². The summed E-state index contributed by atoms with van der Waals surface area (Å²) in [5.74, 6) is 0.620. The lowest BCUT2D eigenvalue weighted by molar-refractivity contribution is 0.0948. The van der Waals surface area contributed by atoms with E-state index >= 15 is 0 Å². The van der Waals surface area contributed by atoms with Crippen molar-refractivity contribution in [2.75, 3.05) is 19.6 Å². The number of nitrogens with one attached hydrogen (secondary N) is 2. The van der Waals surface area contributed by atoms with Crippen LogP contribution < -0.4 is 10.6 Å². The molecular formula is C16H22N2O2. The smallest absolute Gasteiger partial charge is 0.251 e. The fraction of sp³-hybridized carbons (Fsp3) is 0.500. The average molecular weight is 274 g/mol. The van der Waals surface area contributed by atoms with Crippen LogP contribution in [0.3, 0.4) is 0 Å². The van der Waals surface area contributed by atoms with Gasteiger partial charge in [0.2, 0.25) is 0 Å². The zero-order chi connectivity index (χ0) is 14.4. The predicted octanol–water partition coefficient (Wildman–Crippen LogP) is 2.01. The highest BCUT2D eigenvalue weighted by atomic mass is 16.1. The number of hydrogen-bond donors (Lipinski definition) is 2. The minimum atomic E-state index is -0.0659.